The molecular formula is C17H19N3O2S. The summed E-state index contributed by atoms with van der Waals surface area (Å²) >= 11 is 1.28. The van der Waals surface area contributed by atoms with Gasteiger partial charge in [0.25, 0.3) is 0 Å². The summed E-state index contributed by atoms with van der Waals surface area (Å²) < 4.78 is 0. The van der Waals surface area contributed by atoms with Gasteiger partial charge < -0.3 is 0 Å². The molecule has 1 aliphatic rings. The Morgan fingerprint density at radius 2 is 2.13 bits per heavy atom. The number of carbonyl (C=O) groups is 2. The van der Waals surface area contributed by atoms with E-state index in [9.17, 15) is 9.59 Å². The lowest BCUT2D eigenvalue weighted by Gasteiger charge is -2.16. The number of fused-ring (bicyclic) bond motifs is 1. The molecule has 6 heteroatoms. The third kappa shape index (κ3) is 3.37. The van der Waals surface area contributed by atoms with Crippen LogP contribution in [0.4, 0.5) is 5.82 Å². The Morgan fingerprint density at radius 3 is 2.87 bits per heavy atom. The molecule has 0 radical (unpaired) electrons. The molecule has 0 saturated carbocycles. The number of thioether (sulfide) groups is 1. The Hall–Kier alpha value is -1.95. The highest BCUT2D eigenvalue weighted by molar-refractivity contribution is 8.13. The number of pyridine rings is 2. The summed E-state index contributed by atoms with van der Waals surface area (Å²) in [7, 11) is 0. The fourth-order valence-electron chi connectivity index (χ4n) is 2.92. The first-order valence-corrected chi connectivity index (χ1v) is 8.61. The fourth-order valence-corrected chi connectivity index (χ4v) is 3.62. The Morgan fingerprint density at radius 1 is 1.35 bits per heavy atom. The van der Waals surface area contributed by atoms with Gasteiger partial charge in [0, 0.05) is 36.7 Å². The number of amides is 1. The van der Waals surface area contributed by atoms with Crippen LogP contribution < -0.4 is 4.90 Å². The number of hydrogen-bond donors (Lipinski definition) is 0. The van der Waals surface area contributed by atoms with Crippen molar-refractivity contribution < 1.29 is 9.59 Å². The third-order valence-corrected chi connectivity index (χ3v) is 5.04. The van der Waals surface area contributed by atoms with E-state index in [1.54, 1.807) is 11.8 Å². The van der Waals surface area contributed by atoms with Crippen LogP contribution in [0, 0.1) is 19.8 Å². The van der Waals surface area contributed by atoms with Gasteiger partial charge >= 0.3 is 0 Å². The van der Waals surface area contributed by atoms with Crippen molar-refractivity contribution in [1.82, 2.24) is 9.97 Å². The predicted molar refractivity (Wildman–Crippen MR) is 92.6 cm³/mol. The van der Waals surface area contributed by atoms with Crippen molar-refractivity contribution in [2.24, 2.45) is 5.92 Å². The molecule has 5 nitrogen and oxygen atoms in total. The zero-order valence-corrected chi connectivity index (χ0v) is 14.3. The molecule has 0 bridgehead atoms. The number of carbonyl (C=O) groups excluding carboxylic acids is 2. The monoisotopic (exact) mass is 329 g/mol. The molecule has 0 spiro atoms. The Labute approximate surface area is 139 Å². The molecule has 1 fully saturated rings. The van der Waals surface area contributed by atoms with Crippen molar-refractivity contribution >= 4 is 39.6 Å². The molecule has 1 atom stereocenters. The van der Waals surface area contributed by atoms with Crippen LogP contribution in [0.1, 0.15) is 24.6 Å². The van der Waals surface area contributed by atoms with Crippen LogP contribution in [0.2, 0.25) is 0 Å². The van der Waals surface area contributed by atoms with E-state index < -0.39 is 0 Å². The molecule has 1 amide bonds. The molecule has 3 heterocycles. The van der Waals surface area contributed by atoms with E-state index >= 15 is 0 Å². The smallest absolute Gasteiger partial charge is 0.228 e. The predicted octanol–water partition coefficient (Wildman–Crippen LogP) is 2.88. The highest BCUT2D eigenvalue weighted by atomic mass is 32.2. The Balaban J connectivity index is 1.85. The number of nitrogens with zero attached hydrogens (tertiary/aromatic N) is 3. The van der Waals surface area contributed by atoms with Gasteiger partial charge in [0.15, 0.2) is 10.8 Å². The van der Waals surface area contributed by atoms with E-state index in [1.165, 1.54) is 11.8 Å². The normalized spacial score (nSPS) is 18.0. The number of hydrogen-bond acceptors (Lipinski definition) is 5. The van der Waals surface area contributed by atoms with E-state index in [0.717, 1.165) is 16.6 Å². The summed E-state index contributed by atoms with van der Waals surface area (Å²) in [5.41, 5.74) is 2.73. The highest BCUT2D eigenvalue weighted by Crippen LogP contribution is 2.28. The van der Waals surface area contributed by atoms with E-state index in [1.807, 2.05) is 32.0 Å². The molecule has 1 aliphatic heterocycles. The van der Waals surface area contributed by atoms with Crippen molar-refractivity contribution in [1.29, 1.82) is 0 Å². The number of anilines is 1. The van der Waals surface area contributed by atoms with Gasteiger partial charge in [-0.15, -0.1) is 0 Å². The first-order valence-electron chi connectivity index (χ1n) is 7.63. The number of rotatable bonds is 3. The van der Waals surface area contributed by atoms with Crippen LogP contribution in [0.5, 0.6) is 0 Å². The summed E-state index contributed by atoms with van der Waals surface area (Å²) in [6.45, 7) is 6.15. The molecule has 2 aromatic heterocycles. The molecule has 2 aromatic rings. The van der Waals surface area contributed by atoms with E-state index in [-0.39, 0.29) is 16.9 Å². The highest BCUT2D eigenvalue weighted by Gasteiger charge is 2.31. The van der Waals surface area contributed by atoms with Gasteiger partial charge in [-0.05, 0) is 43.5 Å². The SMILES string of the molecule is CC(=O)SCC1CC(=O)N(c2ccc3c(C)cc(C)nc3n2)C1. The van der Waals surface area contributed by atoms with Gasteiger partial charge in [0.05, 0.1) is 0 Å². The van der Waals surface area contributed by atoms with Crippen LogP contribution in [-0.2, 0) is 9.59 Å². The average Bonchev–Trinajstić information content (AvgIpc) is 2.85. The van der Waals surface area contributed by atoms with E-state index in [0.29, 0.717) is 30.2 Å². The second kappa shape index (κ2) is 6.28. The first-order chi connectivity index (χ1) is 10.9. The van der Waals surface area contributed by atoms with Crippen molar-refractivity contribution in [2.45, 2.75) is 27.2 Å². The molecule has 0 aliphatic carbocycles. The summed E-state index contributed by atoms with van der Waals surface area (Å²) in [6, 6.07) is 5.88. The van der Waals surface area contributed by atoms with E-state index in [4.69, 9.17) is 0 Å². The Kier molecular flexibility index (Phi) is 4.35. The maximum absolute atomic E-state index is 12.3. The van der Waals surface area contributed by atoms with Gasteiger partial charge in [-0.25, -0.2) is 9.97 Å². The fraction of sp³-hybridized carbons (Fsp3) is 0.412. The van der Waals surface area contributed by atoms with Gasteiger partial charge in [0.2, 0.25) is 5.91 Å². The molecular weight excluding hydrogens is 310 g/mol. The quantitative estimate of drug-likeness (QED) is 0.866. The average molecular weight is 329 g/mol. The van der Waals surface area contributed by atoms with Crippen LogP contribution in [0.3, 0.4) is 0 Å². The van der Waals surface area contributed by atoms with Gasteiger partial charge in [-0.2, -0.15) is 0 Å². The van der Waals surface area contributed by atoms with Crippen LogP contribution in [0.15, 0.2) is 18.2 Å². The molecule has 23 heavy (non-hydrogen) atoms. The summed E-state index contributed by atoms with van der Waals surface area (Å²) in [6.07, 6.45) is 0.472. The topological polar surface area (TPSA) is 63.2 Å². The van der Waals surface area contributed by atoms with Crippen molar-refractivity contribution in [3.63, 3.8) is 0 Å². The second-order valence-electron chi connectivity index (χ2n) is 6.00. The third-order valence-electron chi connectivity index (χ3n) is 4.00. The minimum Gasteiger partial charge on any atom is -0.296 e. The Bertz CT molecular complexity index is 791. The van der Waals surface area contributed by atoms with Crippen LogP contribution >= 0.6 is 11.8 Å². The summed E-state index contributed by atoms with van der Waals surface area (Å²) in [4.78, 5) is 34.1. The molecule has 1 unspecified atom stereocenters. The first kappa shape index (κ1) is 15.9. The molecule has 0 N–H and O–H groups in total. The molecule has 1 saturated heterocycles. The zero-order valence-electron chi connectivity index (χ0n) is 13.5. The lowest BCUT2D eigenvalue weighted by molar-refractivity contribution is -0.117. The lowest BCUT2D eigenvalue weighted by atomic mass is 10.1. The summed E-state index contributed by atoms with van der Waals surface area (Å²) in [5.74, 6) is 1.59. The van der Waals surface area contributed by atoms with Crippen LogP contribution in [0.25, 0.3) is 11.0 Å². The van der Waals surface area contributed by atoms with Crippen molar-refractivity contribution in [3.8, 4) is 0 Å². The maximum atomic E-state index is 12.3. The molecule has 3 rings (SSSR count). The largest absolute Gasteiger partial charge is 0.296 e. The van der Waals surface area contributed by atoms with Crippen LogP contribution in [-0.4, -0.2) is 33.3 Å². The van der Waals surface area contributed by atoms with Gasteiger partial charge in [-0.3, -0.25) is 14.5 Å². The number of aromatic nitrogens is 2. The minimum atomic E-state index is 0.0652. The second-order valence-corrected chi connectivity index (χ2v) is 7.20. The van der Waals surface area contributed by atoms with Crippen molar-refractivity contribution in [3.05, 3.63) is 29.5 Å². The molecule has 0 aromatic carbocycles. The maximum Gasteiger partial charge on any atom is 0.228 e. The lowest BCUT2D eigenvalue weighted by Crippen LogP contribution is -2.25. The molecule has 120 valence electrons. The summed E-state index contributed by atoms with van der Waals surface area (Å²) in [5, 5.41) is 1.10. The van der Waals surface area contributed by atoms with Crippen molar-refractivity contribution in [2.75, 3.05) is 17.2 Å². The minimum absolute atomic E-state index is 0.0652. The van der Waals surface area contributed by atoms with E-state index in [2.05, 4.69) is 9.97 Å². The standard InChI is InChI=1S/C17H19N3O2S/c1-10-6-11(2)18-17-14(10)4-5-15(19-17)20-8-13(7-16(20)22)9-23-12(3)21/h4-6,13H,7-9H2,1-3H3. The van der Waals surface area contributed by atoms with Gasteiger partial charge in [-0.1, -0.05) is 11.8 Å². The number of aryl methyl sites for hydroxylation is 2. The zero-order chi connectivity index (χ0) is 16.6. The van der Waals surface area contributed by atoms with Gasteiger partial charge in [0.1, 0.15) is 5.82 Å².